The SMILES string of the molecule is N#[N+]C(c1ccccc1)=c1ccc2c(c1)Cc1cc(=C(N=N)c3ccccc3)ccc1=S=2. The molecule has 0 bridgehead atoms. The lowest BCUT2D eigenvalue weighted by atomic mass is 10.0. The molecular formula is C27H19N4S+. The third-order valence-electron chi connectivity index (χ3n) is 5.57. The number of nitrogens with one attached hydrogen (secondary N) is 1. The highest BCUT2D eigenvalue weighted by Crippen LogP contribution is 2.20. The molecule has 0 spiro atoms. The van der Waals surface area contributed by atoms with Gasteiger partial charge in [-0.3, -0.25) is 0 Å². The van der Waals surface area contributed by atoms with E-state index in [0.29, 0.717) is 11.4 Å². The summed E-state index contributed by atoms with van der Waals surface area (Å²) in [6.45, 7) is 0. The number of diazo groups is 1. The van der Waals surface area contributed by atoms with Gasteiger partial charge in [-0.1, -0.05) is 54.6 Å². The quantitative estimate of drug-likeness (QED) is 0.221. The van der Waals surface area contributed by atoms with Gasteiger partial charge < -0.3 is 0 Å². The van der Waals surface area contributed by atoms with Gasteiger partial charge in [0.2, 0.25) is 5.39 Å². The number of fused-ring (bicyclic) bond motifs is 2. The van der Waals surface area contributed by atoms with Crippen molar-refractivity contribution in [3.8, 4) is 0 Å². The molecule has 152 valence electrons. The maximum atomic E-state index is 9.68. The Hall–Kier alpha value is -4.14. The highest BCUT2D eigenvalue weighted by Gasteiger charge is 2.16. The van der Waals surface area contributed by atoms with Crippen LogP contribution in [-0.4, -0.2) is 0 Å². The molecule has 32 heavy (non-hydrogen) atoms. The van der Waals surface area contributed by atoms with Crippen molar-refractivity contribution in [2.24, 2.45) is 5.11 Å². The summed E-state index contributed by atoms with van der Waals surface area (Å²) in [5.41, 5.74) is 13.1. The lowest BCUT2D eigenvalue weighted by Crippen LogP contribution is -2.11. The monoisotopic (exact) mass is 431 g/mol. The summed E-state index contributed by atoms with van der Waals surface area (Å²) >= 11 is 0. The van der Waals surface area contributed by atoms with Gasteiger partial charge >= 0.3 is 5.70 Å². The van der Waals surface area contributed by atoms with Crippen LogP contribution in [0.2, 0.25) is 0 Å². The van der Waals surface area contributed by atoms with Crippen LogP contribution < -0.4 is 10.4 Å². The van der Waals surface area contributed by atoms with Crippen LogP contribution in [0.1, 0.15) is 22.3 Å². The smallest absolute Gasteiger partial charge is 0.204 e. The van der Waals surface area contributed by atoms with Crippen molar-refractivity contribution in [3.05, 3.63) is 144 Å². The molecule has 0 saturated carbocycles. The van der Waals surface area contributed by atoms with E-state index in [0.717, 1.165) is 28.0 Å². The first-order valence-corrected chi connectivity index (χ1v) is 11.1. The summed E-state index contributed by atoms with van der Waals surface area (Å²) in [6.07, 6.45) is 0.771. The number of hydrogen-bond donors (Lipinski definition) is 1. The summed E-state index contributed by atoms with van der Waals surface area (Å²) in [4.78, 5) is 3.58. The zero-order valence-corrected chi connectivity index (χ0v) is 18.0. The van der Waals surface area contributed by atoms with E-state index in [1.807, 2.05) is 72.8 Å². The summed E-state index contributed by atoms with van der Waals surface area (Å²) in [5.74, 6) is 0. The third kappa shape index (κ3) is 3.68. The zero-order valence-electron chi connectivity index (χ0n) is 17.2. The molecule has 0 fully saturated rings. The molecule has 4 aromatic rings. The standard InChI is InChI=1S/C27H19N4S/c28-30-26(18-7-3-1-4-8-18)20-11-13-24-22(15-20)17-23-16-21(12-14-25(23)32-24)27(31-29)19-9-5-2-6-10-19/h1-16,28H,17H2/q+1. The number of hydrogen-bond acceptors (Lipinski definition) is 3. The summed E-state index contributed by atoms with van der Waals surface area (Å²) < 4.78 is 2.42. The molecule has 0 amide bonds. The van der Waals surface area contributed by atoms with E-state index in [9.17, 15) is 5.39 Å². The Morgan fingerprint density at radius 1 is 0.750 bits per heavy atom. The summed E-state index contributed by atoms with van der Waals surface area (Å²) in [7, 11) is 1.74. The average Bonchev–Trinajstić information content (AvgIpc) is 2.85. The predicted octanol–water partition coefficient (Wildman–Crippen LogP) is 5.72. The molecule has 1 aliphatic rings. The second-order valence-electron chi connectivity index (χ2n) is 7.56. The minimum atomic E-state index is 0.561. The van der Waals surface area contributed by atoms with Crippen LogP contribution >= 0.6 is 10.9 Å². The molecular weight excluding hydrogens is 412 g/mol. The third-order valence-corrected chi connectivity index (χ3v) is 6.81. The van der Waals surface area contributed by atoms with Crippen LogP contribution in [0.25, 0.3) is 16.4 Å². The minimum Gasteiger partial charge on any atom is -0.204 e. The Morgan fingerprint density at radius 2 is 1.31 bits per heavy atom. The van der Waals surface area contributed by atoms with Gasteiger partial charge in [0, 0.05) is 26.2 Å². The van der Waals surface area contributed by atoms with Crippen LogP contribution in [0, 0.1) is 19.9 Å². The molecule has 5 heteroatoms. The van der Waals surface area contributed by atoms with E-state index in [-0.39, 0.29) is 0 Å². The average molecular weight is 432 g/mol. The fourth-order valence-corrected chi connectivity index (χ4v) is 5.06. The first-order chi connectivity index (χ1) is 15.8. The fourth-order valence-electron chi connectivity index (χ4n) is 4.02. The Bertz CT molecular complexity index is 1650. The van der Waals surface area contributed by atoms with Crippen molar-refractivity contribution in [1.82, 2.24) is 0 Å². The lowest BCUT2D eigenvalue weighted by molar-refractivity contribution is 1.13. The van der Waals surface area contributed by atoms with Crippen molar-refractivity contribution in [2.45, 2.75) is 6.42 Å². The molecule has 0 unspecified atom stereocenters. The first-order valence-electron chi connectivity index (χ1n) is 10.3. The van der Waals surface area contributed by atoms with Crippen molar-refractivity contribution < 1.29 is 0 Å². The van der Waals surface area contributed by atoms with E-state index < -0.39 is 0 Å². The van der Waals surface area contributed by atoms with Crippen LogP contribution in [-0.2, 0) is 6.42 Å². The molecule has 0 atom stereocenters. The van der Waals surface area contributed by atoms with E-state index in [1.54, 1.807) is 10.9 Å². The predicted molar refractivity (Wildman–Crippen MR) is 128 cm³/mol. The largest absolute Gasteiger partial charge is 0.399 e. The number of rotatable bonds is 3. The topological polar surface area (TPSA) is 64.4 Å². The summed E-state index contributed by atoms with van der Waals surface area (Å²) in [5, 5.41) is 15.3. The Morgan fingerprint density at radius 3 is 1.91 bits per heavy atom. The molecule has 1 heterocycles. The van der Waals surface area contributed by atoms with E-state index >= 15 is 0 Å². The van der Waals surface area contributed by atoms with Crippen LogP contribution in [0.15, 0.2) is 102 Å². The molecule has 1 N–H and O–H groups in total. The van der Waals surface area contributed by atoms with Crippen molar-refractivity contribution >= 4 is 22.3 Å². The fraction of sp³-hybridized carbons (Fsp3) is 0.0370. The van der Waals surface area contributed by atoms with Crippen molar-refractivity contribution in [3.63, 3.8) is 0 Å². The highest BCUT2D eigenvalue weighted by atomic mass is 32.1. The first kappa shape index (κ1) is 19.8. The maximum Gasteiger partial charge on any atom is 0.399 e. The molecule has 0 aliphatic carbocycles. The van der Waals surface area contributed by atoms with E-state index in [4.69, 9.17) is 5.53 Å². The Kier molecular flexibility index (Phi) is 5.29. The highest BCUT2D eigenvalue weighted by molar-refractivity contribution is 7.83. The van der Waals surface area contributed by atoms with Gasteiger partial charge in [-0.2, -0.15) is 5.11 Å². The van der Waals surface area contributed by atoms with Gasteiger partial charge in [-0.15, -0.1) is 10.9 Å². The normalized spacial score (nSPS) is 13.6. The molecule has 5 rings (SSSR count). The van der Waals surface area contributed by atoms with Gasteiger partial charge in [0.1, 0.15) is 0 Å². The Balaban J connectivity index is 1.69. The second kappa shape index (κ2) is 8.54. The van der Waals surface area contributed by atoms with Gasteiger partial charge in [0.25, 0.3) is 0 Å². The summed E-state index contributed by atoms with van der Waals surface area (Å²) in [6, 6.07) is 32.0. The maximum absolute atomic E-state index is 9.68. The van der Waals surface area contributed by atoms with Gasteiger partial charge in [0.05, 0.1) is 16.5 Å². The van der Waals surface area contributed by atoms with Crippen molar-refractivity contribution in [1.29, 1.82) is 10.9 Å². The van der Waals surface area contributed by atoms with Crippen molar-refractivity contribution in [2.75, 3.05) is 0 Å². The zero-order chi connectivity index (χ0) is 21.9. The molecule has 0 radical (unpaired) electrons. The van der Waals surface area contributed by atoms with Gasteiger partial charge in [0.15, 0.2) is 4.98 Å². The van der Waals surface area contributed by atoms with E-state index in [1.165, 1.54) is 20.1 Å². The molecule has 4 nitrogen and oxygen atoms in total. The van der Waals surface area contributed by atoms with Gasteiger partial charge in [-0.05, 0) is 53.6 Å². The Labute approximate surface area is 188 Å². The van der Waals surface area contributed by atoms with Gasteiger partial charge in [-0.25, -0.2) is 5.53 Å². The second-order valence-corrected chi connectivity index (χ2v) is 8.65. The van der Waals surface area contributed by atoms with E-state index in [2.05, 4.69) is 34.4 Å². The van der Waals surface area contributed by atoms with Crippen LogP contribution in [0.5, 0.6) is 0 Å². The lowest BCUT2D eigenvalue weighted by Gasteiger charge is -2.08. The molecule has 4 aromatic carbocycles. The minimum absolute atomic E-state index is 0.561. The van der Waals surface area contributed by atoms with Crippen LogP contribution in [0.4, 0.5) is 0 Å². The molecule has 1 aliphatic heterocycles. The van der Waals surface area contributed by atoms with Crippen LogP contribution in [0.3, 0.4) is 0 Å². The number of nitrogens with zero attached hydrogens (tertiary/aromatic N) is 3. The molecule has 0 aromatic heterocycles. The number of benzene rings is 4. The molecule has 0 saturated heterocycles.